The van der Waals surface area contributed by atoms with Crippen molar-refractivity contribution in [3.05, 3.63) is 62.2 Å². The molecule has 30 heavy (non-hydrogen) atoms. The van der Waals surface area contributed by atoms with Gasteiger partial charge in [-0.05, 0) is 29.7 Å². The van der Waals surface area contributed by atoms with E-state index in [0.29, 0.717) is 37.8 Å². The molecule has 0 amide bonds. The summed E-state index contributed by atoms with van der Waals surface area (Å²) in [6, 6.07) is 7.48. The Morgan fingerprint density at radius 1 is 0.967 bits per heavy atom. The number of ether oxygens (including phenoxy) is 2. The molecule has 0 fully saturated rings. The number of methoxy groups -OCH3 is 2. The average molecular weight is 405 g/mol. The minimum atomic E-state index is -0.420. The fraction of sp³-hybridized carbons (Fsp3) is 0.0909. The molecule has 2 N–H and O–H groups in total. The lowest BCUT2D eigenvalue weighted by atomic mass is 10.1. The smallest absolute Gasteiger partial charge is 0.308 e. The molecule has 0 atom stereocenters. The van der Waals surface area contributed by atoms with E-state index in [1.165, 1.54) is 32.4 Å². The van der Waals surface area contributed by atoms with Crippen LogP contribution in [0.5, 0.6) is 17.4 Å². The molecule has 0 bridgehead atoms. The summed E-state index contributed by atoms with van der Waals surface area (Å²) in [6.45, 7) is 0. The van der Waals surface area contributed by atoms with Crippen LogP contribution in [-0.2, 0) is 0 Å². The standard InChI is InChI=1S/C22H15NO7/c1-28-17-6-11-10(5-14(17)25)3-4-23-20(11)13(9-24)19-12-7-18(29-2)15(26)8-16(12)30-22(27)21(19)23/h3-9,24,27H,1-2H3. The van der Waals surface area contributed by atoms with Crippen molar-refractivity contribution in [1.82, 2.24) is 4.40 Å². The van der Waals surface area contributed by atoms with Crippen molar-refractivity contribution in [2.75, 3.05) is 14.2 Å². The molecule has 0 aliphatic heterocycles. The van der Waals surface area contributed by atoms with Crippen LogP contribution in [0.25, 0.3) is 44.4 Å². The lowest BCUT2D eigenvalue weighted by molar-refractivity contribution is 0.345. The zero-order valence-electron chi connectivity index (χ0n) is 15.9. The van der Waals surface area contributed by atoms with Gasteiger partial charge in [0.25, 0.3) is 0 Å². The molecule has 0 aliphatic rings. The zero-order chi connectivity index (χ0) is 21.2. The predicted molar refractivity (Wildman–Crippen MR) is 112 cm³/mol. The van der Waals surface area contributed by atoms with Gasteiger partial charge < -0.3 is 28.5 Å². The highest BCUT2D eigenvalue weighted by molar-refractivity contribution is 6.12. The second kappa shape index (κ2) is 6.15. The molecule has 5 rings (SSSR count). The van der Waals surface area contributed by atoms with Crippen molar-refractivity contribution < 1.29 is 24.1 Å². The van der Waals surface area contributed by atoms with E-state index < -0.39 is 11.4 Å². The van der Waals surface area contributed by atoms with Gasteiger partial charge >= 0.3 is 5.95 Å². The van der Waals surface area contributed by atoms with E-state index in [1.807, 2.05) is 0 Å². The molecule has 8 nitrogen and oxygen atoms in total. The van der Waals surface area contributed by atoms with Gasteiger partial charge in [0.1, 0.15) is 11.1 Å². The number of aliphatic hydroxyl groups excluding tert-OH is 1. The second-order valence-electron chi connectivity index (χ2n) is 6.80. The molecule has 150 valence electrons. The minimum absolute atomic E-state index is 0.103. The number of aliphatic hydroxyl groups is 1. The van der Waals surface area contributed by atoms with E-state index in [0.717, 1.165) is 6.26 Å². The largest absolute Gasteiger partial charge is 0.515 e. The molecule has 3 heterocycles. The van der Waals surface area contributed by atoms with Gasteiger partial charge in [-0.3, -0.25) is 9.59 Å². The van der Waals surface area contributed by atoms with Crippen LogP contribution in [0.2, 0.25) is 0 Å². The molecule has 8 heteroatoms. The van der Waals surface area contributed by atoms with Crippen molar-refractivity contribution >= 4 is 44.4 Å². The highest BCUT2D eigenvalue weighted by Crippen LogP contribution is 2.35. The first-order valence-electron chi connectivity index (χ1n) is 8.95. The average Bonchev–Trinajstić information content (AvgIpc) is 3.08. The van der Waals surface area contributed by atoms with Gasteiger partial charge in [-0.15, -0.1) is 0 Å². The summed E-state index contributed by atoms with van der Waals surface area (Å²) in [6.07, 6.45) is 2.59. The fourth-order valence-electron chi connectivity index (χ4n) is 4.01. The van der Waals surface area contributed by atoms with Crippen molar-refractivity contribution in [2.24, 2.45) is 0 Å². The molecular weight excluding hydrogens is 390 g/mol. The summed E-state index contributed by atoms with van der Waals surface area (Å²) in [5.41, 5.74) is 0.311. The summed E-state index contributed by atoms with van der Waals surface area (Å²) in [5.74, 6) is -0.163. The summed E-state index contributed by atoms with van der Waals surface area (Å²) in [4.78, 5) is 24.3. The number of nitrogens with zero attached hydrogens (tertiary/aromatic N) is 1. The zero-order valence-corrected chi connectivity index (χ0v) is 15.9. The number of aromatic hydroxyl groups is 1. The lowest BCUT2D eigenvalue weighted by Crippen LogP contribution is -2.06. The van der Waals surface area contributed by atoms with Crippen molar-refractivity contribution in [2.45, 2.75) is 0 Å². The summed E-state index contributed by atoms with van der Waals surface area (Å²) >= 11 is 0. The van der Waals surface area contributed by atoms with Gasteiger partial charge in [-0.25, -0.2) is 0 Å². The van der Waals surface area contributed by atoms with Crippen LogP contribution in [0.4, 0.5) is 0 Å². The number of aromatic nitrogens is 1. The monoisotopic (exact) mass is 405 g/mol. The van der Waals surface area contributed by atoms with Gasteiger partial charge in [-0.2, -0.15) is 0 Å². The molecule has 0 aliphatic carbocycles. The molecule has 2 aromatic carbocycles. The third-order valence-electron chi connectivity index (χ3n) is 5.31. The van der Waals surface area contributed by atoms with Crippen LogP contribution in [0.15, 0.2) is 50.5 Å². The highest BCUT2D eigenvalue weighted by atomic mass is 16.5. The molecule has 5 aromatic rings. The Morgan fingerprint density at radius 3 is 2.30 bits per heavy atom. The van der Waals surface area contributed by atoms with E-state index in [2.05, 4.69) is 0 Å². The molecule has 3 aromatic heterocycles. The lowest BCUT2D eigenvalue weighted by Gasteiger charge is -2.06. The van der Waals surface area contributed by atoms with Gasteiger partial charge in [0.05, 0.1) is 26.0 Å². The van der Waals surface area contributed by atoms with E-state index in [1.54, 1.807) is 22.7 Å². The van der Waals surface area contributed by atoms with E-state index in [-0.39, 0.29) is 22.5 Å². The normalized spacial score (nSPS) is 12.4. The molecule has 0 saturated carbocycles. The quantitative estimate of drug-likeness (QED) is 0.464. The summed E-state index contributed by atoms with van der Waals surface area (Å²) in [5, 5.41) is 23.4. The number of hydrogen-bond acceptors (Lipinski definition) is 7. The second-order valence-corrected chi connectivity index (χ2v) is 6.80. The molecule has 0 radical (unpaired) electrons. The van der Waals surface area contributed by atoms with E-state index in [9.17, 15) is 19.8 Å². The van der Waals surface area contributed by atoms with Crippen LogP contribution < -0.4 is 25.5 Å². The van der Waals surface area contributed by atoms with Gasteiger partial charge in [0.2, 0.25) is 10.9 Å². The predicted octanol–water partition coefficient (Wildman–Crippen LogP) is 2.45. The first kappa shape index (κ1) is 17.9. The van der Waals surface area contributed by atoms with Gasteiger partial charge in [0.15, 0.2) is 11.5 Å². The van der Waals surface area contributed by atoms with Crippen LogP contribution >= 0.6 is 0 Å². The van der Waals surface area contributed by atoms with Gasteiger partial charge in [-0.1, -0.05) is 0 Å². The Morgan fingerprint density at radius 2 is 1.63 bits per heavy atom. The Bertz CT molecular complexity index is 1680. The maximum absolute atomic E-state index is 12.2. The Kier molecular flexibility index (Phi) is 3.66. The number of rotatable bonds is 2. The maximum atomic E-state index is 12.2. The number of fused-ring (bicyclic) bond motifs is 7. The van der Waals surface area contributed by atoms with Crippen LogP contribution in [0.3, 0.4) is 0 Å². The van der Waals surface area contributed by atoms with E-state index in [4.69, 9.17) is 13.9 Å². The van der Waals surface area contributed by atoms with Crippen molar-refractivity contribution in [1.29, 1.82) is 0 Å². The minimum Gasteiger partial charge on any atom is -0.515 e. The highest BCUT2D eigenvalue weighted by Gasteiger charge is 2.20. The third-order valence-corrected chi connectivity index (χ3v) is 5.31. The molecule has 0 spiro atoms. The van der Waals surface area contributed by atoms with Crippen LogP contribution in [0, 0.1) is 0 Å². The number of hydrogen-bond donors (Lipinski definition) is 2. The van der Waals surface area contributed by atoms with E-state index >= 15 is 0 Å². The maximum Gasteiger partial charge on any atom is 0.308 e. The van der Waals surface area contributed by atoms with Crippen molar-refractivity contribution in [3.8, 4) is 17.4 Å². The molecular formula is C22H15NO7. The first-order chi connectivity index (χ1) is 14.5. The SMILES string of the molecule is COc1cc2c(ccn3c4c(O)oc5cc(=O)c(OC)cc5c4c(=CO)c23)cc1=O. The van der Waals surface area contributed by atoms with Crippen LogP contribution in [0.1, 0.15) is 0 Å². The Balaban J connectivity index is 2.14. The van der Waals surface area contributed by atoms with Gasteiger partial charge in [0, 0.05) is 33.6 Å². The summed E-state index contributed by atoms with van der Waals surface area (Å²) < 4.78 is 17.5. The van der Waals surface area contributed by atoms with Crippen LogP contribution in [-0.4, -0.2) is 28.8 Å². The third kappa shape index (κ3) is 2.21. The number of benzene rings is 2. The number of pyridine rings is 1. The fourth-order valence-corrected chi connectivity index (χ4v) is 4.01. The summed E-state index contributed by atoms with van der Waals surface area (Å²) in [7, 11) is 2.79. The molecule has 0 saturated heterocycles. The van der Waals surface area contributed by atoms with Crippen molar-refractivity contribution in [3.63, 3.8) is 0 Å². The topological polar surface area (TPSA) is 111 Å². The Labute approximate surface area is 167 Å². The Hall–Kier alpha value is -4.20. The first-order valence-corrected chi connectivity index (χ1v) is 8.95. The molecule has 0 unspecified atom stereocenters.